The number of rotatable bonds is 5. The molecule has 9 rings (SSSR count). The molecule has 0 amide bonds. The van der Waals surface area contributed by atoms with Crippen molar-refractivity contribution in [1.82, 2.24) is 0 Å². The van der Waals surface area contributed by atoms with E-state index in [-0.39, 0.29) is 0 Å². The summed E-state index contributed by atoms with van der Waals surface area (Å²) in [5.74, 6) is 0. The molecular formula is C42H27NO2. The first-order valence-electron chi connectivity index (χ1n) is 15.2. The smallest absolute Gasteiger partial charge is 0.160 e. The minimum atomic E-state index is 0.824. The van der Waals surface area contributed by atoms with Crippen molar-refractivity contribution in [3.8, 4) is 22.3 Å². The van der Waals surface area contributed by atoms with E-state index in [2.05, 4.69) is 144 Å². The Morgan fingerprint density at radius 3 is 1.73 bits per heavy atom. The maximum absolute atomic E-state index is 6.79. The van der Waals surface area contributed by atoms with Gasteiger partial charge in [0, 0.05) is 27.4 Å². The zero-order valence-electron chi connectivity index (χ0n) is 24.4. The average Bonchev–Trinajstić information content (AvgIpc) is 3.68. The van der Waals surface area contributed by atoms with Crippen LogP contribution in [0.2, 0.25) is 0 Å². The Kier molecular flexibility index (Phi) is 5.82. The van der Waals surface area contributed by atoms with Crippen LogP contribution in [0.4, 0.5) is 17.1 Å². The molecule has 2 heterocycles. The lowest BCUT2D eigenvalue weighted by Gasteiger charge is -2.28. The zero-order chi connectivity index (χ0) is 29.7. The van der Waals surface area contributed by atoms with Crippen LogP contribution in [0.3, 0.4) is 0 Å². The Hall–Kier alpha value is -6.06. The van der Waals surface area contributed by atoms with E-state index in [1.165, 1.54) is 5.56 Å². The Bertz CT molecular complexity index is 2470. The summed E-state index contributed by atoms with van der Waals surface area (Å²) in [6.07, 6.45) is 0. The van der Waals surface area contributed by atoms with Crippen molar-refractivity contribution >= 4 is 60.9 Å². The fourth-order valence-electron chi connectivity index (χ4n) is 6.61. The van der Waals surface area contributed by atoms with Crippen LogP contribution in [0.25, 0.3) is 66.1 Å². The molecule has 2 aromatic heterocycles. The standard InChI is InChI=1S/C42H27NO2/c1-3-13-28(14-4-1)29-23-25-31(26-24-29)43(36-20-10-7-17-32(36)30-15-5-2-6-16-30)41-40-34-19-9-12-22-38(34)44-39(40)27-35-33-18-8-11-21-37(33)45-42(35)41/h1-27H. The van der Waals surface area contributed by atoms with Gasteiger partial charge in [0.2, 0.25) is 0 Å². The maximum Gasteiger partial charge on any atom is 0.160 e. The van der Waals surface area contributed by atoms with Gasteiger partial charge in [-0.15, -0.1) is 0 Å². The number of nitrogens with zero attached hydrogens (tertiary/aromatic N) is 1. The average molecular weight is 578 g/mol. The van der Waals surface area contributed by atoms with Gasteiger partial charge in [0.15, 0.2) is 5.58 Å². The van der Waals surface area contributed by atoms with Crippen LogP contribution in [-0.2, 0) is 0 Å². The molecule has 7 aromatic carbocycles. The second-order valence-corrected chi connectivity index (χ2v) is 11.3. The van der Waals surface area contributed by atoms with Crippen molar-refractivity contribution < 1.29 is 8.83 Å². The molecule has 0 N–H and O–H groups in total. The minimum absolute atomic E-state index is 0.824. The van der Waals surface area contributed by atoms with E-state index in [0.717, 1.165) is 77.6 Å². The zero-order valence-corrected chi connectivity index (χ0v) is 24.4. The first-order valence-corrected chi connectivity index (χ1v) is 15.2. The van der Waals surface area contributed by atoms with Gasteiger partial charge in [-0.25, -0.2) is 0 Å². The molecule has 3 heteroatoms. The number of hydrogen-bond donors (Lipinski definition) is 0. The second-order valence-electron chi connectivity index (χ2n) is 11.3. The van der Waals surface area contributed by atoms with Gasteiger partial charge in [-0.1, -0.05) is 127 Å². The van der Waals surface area contributed by atoms with Crippen molar-refractivity contribution in [2.45, 2.75) is 0 Å². The number of para-hydroxylation sites is 3. The molecule has 0 aliphatic rings. The molecule has 0 spiro atoms. The summed E-state index contributed by atoms with van der Waals surface area (Å²) in [5, 5.41) is 4.15. The summed E-state index contributed by atoms with van der Waals surface area (Å²) in [5.41, 5.74) is 11.0. The highest BCUT2D eigenvalue weighted by molar-refractivity contribution is 6.24. The van der Waals surface area contributed by atoms with Gasteiger partial charge in [-0.3, -0.25) is 0 Å². The van der Waals surface area contributed by atoms with Gasteiger partial charge in [-0.05, 0) is 53.1 Å². The summed E-state index contributed by atoms with van der Waals surface area (Å²) < 4.78 is 13.4. The topological polar surface area (TPSA) is 29.5 Å². The van der Waals surface area contributed by atoms with Gasteiger partial charge in [0.05, 0.1) is 11.1 Å². The van der Waals surface area contributed by atoms with Crippen LogP contribution in [-0.4, -0.2) is 0 Å². The third kappa shape index (κ3) is 4.13. The monoisotopic (exact) mass is 577 g/mol. The normalized spacial score (nSPS) is 11.6. The van der Waals surface area contributed by atoms with E-state index in [4.69, 9.17) is 8.83 Å². The molecule has 0 fully saturated rings. The first-order chi connectivity index (χ1) is 22.3. The van der Waals surface area contributed by atoms with Crippen LogP contribution < -0.4 is 4.90 Å². The van der Waals surface area contributed by atoms with E-state index in [1.807, 2.05) is 24.3 Å². The van der Waals surface area contributed by atoms with Crippen molar-refractivity contribution in [3.05, 3.63) is 164 Å². The number of benzene rings is 7. The Morgan fingerprint density at radius 2 is 0.978 bits per heavy atom. The molecule has 0 atom stereocenters. The Labute approximate surface area is 260 Å². The third-order valence-corrected chi connectivity index (χ3v) is 8.67. The summed E-state index contributed by atoms with van der Waals surface area (Å²) in [6, 6.07) is 57.1. The molecule has 0 aliphatic heterocycles. The first kappa shape index (κ1) is 25.4. The van der Waals surface area contributed by atoms with Crippen molar-refractivity contribution in [1.29, 1.82) is 0 Å². The number of fused-ring (bicyclic) bond motifs is 6. The molecule has 0 saturated carbocycles. The van der Waals surface area contributed by atoms with Gasteiger partial charge >= 0.3 is 0 Å². The van der Waals surface area contributed by atoms with Crippen LogP contribution >= 0.6 is 0 Å². The molecule has 0 saturated heterocycles. The molecule has 0 aliphatic carbocycles. The highest BCUT2D eigenvalue weighted by Gasteiger charge is 2.27. The summed E-state index contributed by atoms with van der Waals surface area (Å²) >= 11 is 0. The molecule has 3 nitrogen and oxygen atoms in total. The summed E-state index contributed by atoms with van der Waals surface area (Å²) in [6.45, 7) is 0. The fourth-order valence-corrected chi connectivity index (χ4v) is 6.61. The molecule has 0 unspecified atom stereocenters. The largest absolute Gasteiger partial charge is 0.456 e. The molecule has 212 valence electrons. The predicted octanol–water partition coefficient (Wildman–Crippen LogP) is 12.3. The SMILES string of the molecule is c1ccc(-c2ccc(N(c3ccccc3-c3ccccc3)c3c4oc5ccccc5c4cc4oc5ccccc5c34)cc2)cc1. The predicted molar refractivity (Wildman–Crippen MR) is 187 cm³/mol. The maximum atomic E-state index is 6.79. The van der Waals surface area contributed by atoms with E-state index in [0.29, 0.717) is 0 Å². The van der Waals surface area contributed by atoms with Crippen LogP contribution in [0.15, 0.2) is 173 Å². The van der Waals surface area contributed by atoms with Gasteiger partial charge < -0.3 is 13.7 Å². The number of furan rings is 2. The lowest BCUT2D eigenvalue weighted by atomic mass is 9.99. The van der Waals surface area contributed by atoms with Crippen molar-refractivity contribution in [3.63, 3.8) is 0 Å². The van der Waals surface area contributed by atoms with E-state index in [9.17, 15) is 0 Å². The minimum Gasteiger partial charge on any atom is -0.456 e. The van der Waals surface area contributed by atoms with E-state index in [1.54, 1.807) is 0 Å². The van der Waals surface area contributed by atoms with Crippen molar-refractivity contribution in [2.75, 3.05) is 4.90 Å². The molecule has 9 aromatic rings. The lowest BCUT2D eigenvalue weighted by Crippen LogP contribution is -2.12. The Balaban J connectivity index is 1.41. The summed E-state index contributed by atoms with van der Waals surface area (Å²) in [4.78, 5) is 2.35. The van der Waals surface area contributed by atoms with Crippen LogP contribution in [0.1, 0.15) is 0 Å². The highest BCUT2D eigenvalue weighted by Crippen LogP contribution is 2.51. The molecular weight excluding hydrogens is 550 g/mol. The number of hydrogen-bond acceptors (Lipinski definition) is 3. The highest BCUT2D eigenvalue weighted by atomic mass is 16.3. The Morgan fingerprint density at radius 1 is 0.400 bits per heavy atom. The second kappa shape index (κ2) is 10.3. The number of anilines is 3. The van der Waals surface area contributed by atoms with Gasteiger partial charge in [0.25, 0.3) is 0 Å². The van der Waals surface area contributed by atoms with Crippen LogP contribution in [0.5, 0.6) is 0 Å². The van der Waals surface area contributed by atoms with Crippen LogP contribution in [0, 0.1) is 0 Å². The molecule has 0 bridgehead atoms. The van der Waals surface area contributed by atoms with Gasteiger partial charge in [-0.2, -0.15) is 0 Å². The van der Waals surface area contributed by atoms with E-state index >= 15 is 0 Å². The quantitative estimate of drug-likeness (QED) is 0.204. The molecule has 0 radical (unpaired) electrons. The molecule has 45 heavy (non-hydrogen) atoms. The summed E-state index contributed by atoms with van der Waals surface area (Å²) in [7, 11) is 0. The lowest BCUT2D eigenvalue weighted by molar-refractivity contribution is 0.664. The van der Waals surface area contributed by atoms with Crippen molar-refractivity contribution in [2.24, 2.45) is 0 Å². The van der Waals surface area contributed by atoms with E-state index < -0.39 is 0 Å². The fraction of sp³-hybridized carbons (Fsp3) is 0. The van der Waals surface area contributed by atoms with Gasteiger partial charge in [0.1, 0.15) is 22.4 Å². The third-order valence-electron chi connectivity index (χ3n) is 8.67.